The third kappa shape index (κ3) is 6.17. The first-order valence-corrected chi connectivity index (χ1v) is 11.0. The molecule has 7 nitrogen and oxygen atoms in total. The number of carbonyl (C=O) groups is 3. The number of amides is 3. The molecule has 3 amide bonds. The lowest BCUT2D eigenvalue weighted by Gasteiger charge is -2.34. The summed E-state index contributed by atoms with van der Waals surface area (Å²) in [6, 6.07) is 11.5. The zero-order valence-corrected chi connectivity index (χ0v) is 19.3. The molecule has 1 aliphatic rings. The van der Waals surface area contributed by atoms with Gasteiger partial charge in [0.2, 0.25) is 11.8 Å². The van der Waals surface area contributed by atoms with E-state index in [2.05, 4.69) is 10.6 Å². The van der Waals surface area contributed by atoms with Crippen molar-refractivity contribution in [3.05, 3.63) is 64.2 Å². The molecule has 170 valence electrons. The van der Waals surface area contributed by atoms with Crippen LogP contribution in [0.3, 0.4) is 0 Å². The van der Waals surface area contributed by atoms with Gasteiger partial charge in [-0.3, -0.25) is 19.3 Å². The Morgan fingerprint density at radius 1 is 0.906 bits per heavy atom. The van der Waals surface area contributed by atoms with Crippen LogP contribution < -0.4 is 10.6 Å². The smallest absolute Gasteiger partial charge is 0.251 e. The monoisotopic (exact) mass is 436 g/mol. The molecule has 0 bridgehead atoms. The molecule has 2 N–H and O–H groups in total. The van der Waals surface area contributed by atoms with Gasteiger partial charge in [0.25, 0.3) is 5.91 Å². The fourth-order valence-electron chi connectivity index (χ4n) is 3.91. The molecule has 7 heteroatoms. The van der Waals surface area contributed by atoms with Gasteiger partial charge in [-0.05, 0) is 57.0 Å². The quantitative estimate of drug-likeness (QED) is 0.729. The molecule has 1 saturated heterocycles. The standard InChI is InChI=1S/C25H32N4O3/c1-17-12-18(2)14-21(13-17)25(32)26-15-24(31)29-10-8-28(9-11-29)16-23(30)27-22-7-5-6-19(3)20(22)4/h5-7,12-14H,8-11,15-16H2,1-4H3,(H,26,32)(H,27,30). The Bertz CT molecular complexity index is 990. The van der Waals surface area contributed by atoms with Crippen LogP contribution in [0.1, 0.15) is 32.6 Å². The Morgan fingerprint density at radius 3 is 2.22 bits per heavy atom. The van der Waals surface area contributed by atoms with E-state index in [0.29, 0.717) is 38.3 Å². The maximum atomic E-state index is 12.5. The first-order valence-electron chi connectivity index (χ1n) is 11.0. The average molecular weight is 437 g/mol. The number of aryl methyl sites for hydroxylation is 3. The molecule has 3 rings (SSSR count). The SMILES string of the molecule is Cc1cc(C)cc(C(=O)NCC(=O)N2CCN(CC(=O)Nc3cccc(C)c3C)CC2)c1. The number of hydrogen-bond acceptors (Lipinski definition) is 4. The molecule has 1 aliphatic heterocycles. The Balaban J connectivity index is 1.42. The summed E-state index contributed by atoms with van der Waals surface area (Å²) in [6.45, 7) is 10.5. The van der Waals surface area contributed by atoms with E-state index in [1.165, 1.54) is 0 Å². The normalized spacial score (nSPS) is 14.2. The van der Waals surface area contributed by atoms with Gasteiger partial charge in [0.1, 0.15) is 0 Å². The van der Waals surface area contributed by atoms with Crippen LogP contribution in [0.25, 0.3) is 0 Å². The summed E-state index contributed by atoms with van der Waals surface area (Å²) in [5.74, 6) is -0.409. The van der Waals surface area contributed by atoms with Gasteiger partial charge in [0.15, 0.2) is 0 Å². The van der Waals surface area contributed by atoms with Crippen molar-refractivity contribution < 1.29 is 14.4 Å². The Labute approximate surface area is 189 Å². The molecule has 1 fully saturated rings. The van der Waals surface area contributed by atoms with E-state index in [1.807, 2.05) is 69.0 Å². The molecule has 0 aliphatic carbocycles. The molecule has 2 aromatic carbocycles. The van der Waals surface area contributed by atoms with Gasteiger partial charge < -0.3 is 15.5 Å². The first-order chi connectivity index (χ1) is 15.2. The Hall–Kier alpha value is -3.19. The maximum Gasteiger partial charge on any atom is 0.251 e. The predicted molar refractivity (Wildman–Crippen MR) is 126 cm³/mol. The molecular weight excluding hydrogens is 404 g/mol. The van der Waals surface area contributed by atoms with Crippen molar-refractivity contribution >= 4 is 23.4 Å². The lowest BCUT2D eigenvalue weighted by Crippen LogP contribution is -2.52. The van der Waals surface area contributed by atoms with Crippen LogP contribution in [-0.4, -0.2) is 66.8 Å². The number of piperazine rings is 1. The van der Waals surface area contributed by atoms with Gasteiger partial charge in [-0.1, -0.05) is 29.3 Å². The average Bonchev–Trinajstić information content (AvgIpc) is 2.75. The second kappa shape index (κ2) is 10.4. The third-order valence-corrected chi connectivity index (χ3v) is 5.85. The number of benzene rings is 2. The number of rotatable bonds is 6. The maximum absolute atomic E-state index is 12.5. The minimum absolute atomic E-state index is 0.0288. The van der Waals surface area contributed by atoms with Gasteiger partial charge in [0.05, 0.1) is 13.1 Å². The molecule has 1 heterocycles. The molecule has 32 heavy (non-hydrogen) atoms. The van der Waals surface area contributed by atoms with Crippen molar-refractivity contribution in [3.63, 3.8) is 0 Å². The molecule has 0 aromatic heterocycles. The van der Waals surface area contributed by atoms with Crippen molar-refractivity contribution in [2.75, 3.05) is 44.6 Å². The summed E-state index contributed by atoms with van der Waals surface area (Å²) in [6.07, 6.45) is 0. The van der Waals surface area contributed by atoms with Crippen LogP contribution in [0.2, 0.25) is 0 Å². The zero-order valence-electron chi connectivity index (χ0n) is 19.3. The highest BCUT2D eigenvalue weighted by molar-refractivity contribution is 5.97. The van der Waals surface area contributed by atoms with E-state index >= 15 is 0 Å². The van der Waals surface area contributed by atoms with Crippen LogP contribution in [0.4, 0.5) is 5.69 Å². The van der Waals surface area contributed by atoms with E-state index in [4.69, 9.17) is 0 Å². The second-order valence-electron chi connectivity index (χ2n) is 8.51. The molecule has 2 aromatic rings. The van der Waals surface area contributed by atoms with Crippen molar-refractivity contribution in [1.82, 2.24) is 15.1 Å². The number of carbonyl (C=O) groups excluding carboxylic acids is 3. The summed E-state index contributed by atoms with van der Waals surface area (Å²) >= 11 is 0. The summed E-state index contributed by atoms with van der Waals surface area (Å²) < 4.78 is 0. The second-order valence-corrected chi connectivity index (χ2v) is 8.51. The van der Waals surface area contributed by atoms with Gasteiger partial charge in [0, 0.05) is 37.4 Å². The lowest BCUT2D eigenvalue weighted by molar-refractivity contribution is -0.132. The lowest BCUT2D eigenvalue weighted by atomic mass is 10.1. The number of anilines is 1. The topological polar surface area (TPSA) is 81.8 Å². The van der Waals surface area contributed by atoms with E-state index in [9.17, 15) is 14.4 Å². The molecule has 0 unspecified atom stereocenters. The predicted octanol–water partition coefficient (Wildman–Crippen LogP) is 2.43. The van der Waals surface area contributed by atoms with Gasteiger partial charge >= 0.3 is 0 Å². The summed E-state index contributed by atoms with van der Waals surface area (Å²) in [7, 11) is 0. The zero-order chi connectivity index (χ0) is 23.3. The molecule has 0 radical (unpaired) electrons. The van der Waals surface area contributed by atoms with E-state index in [0.717, 1.165) is 27.9 Å². The Morgan fingerprint density at radius 2 is 1.56 bits per heavy atom. The fourth-order valence-corrected chi connectivity index (χ4v) is 3.91. The highest BCUT2D eigenvalue weighted by Crippen LogP contribution is 2.18. The Kier molecular flexibility index (Phi) is 7.64. The third-order valence-electron chi connectivity index (χ3n) is 5.85. The van der Waals surface area contributed by atoms with Gasteiger partial charge in [-0.15, -0.1) is 0 Å². The van der Waals surface area contributed by atoms with Crippen LogP contribution in [0.5, 0.6) is 0 Å². The molecule has 0 spiro atoms. The van der Waals surface area contributed by atoms with Crippen molar-refractivity contribution in [1.29, 1.82) is 0 Å². The van der Waals surface area contributed by atoms with Crippen molar-refractivity contribution in [2.24, 2.45) is 0 Å². The minimum atomic E-state index is -0.244. The van der Waals surface area contributed by atoms with Crippen LogP contribution in [-0.2, 0) is 9.59 Å². The van der Waals surface area contributed by atoms with Gasteiger partial charge in [-0.25, -0.2) is 0 Å². The minimum Gasteiger partial charge on any atom is -0.343 e. The van der Waals surface area contributed by atoms with Crippen LogP contribution in [0, 0.1) is 27.7 Å². The van der Waals surface area contributed by atoms with E-state index in [-0.39, 0.29) is 24.3 Å². The van der Waals surface area contributed by atoms with E-state index < -0.39 is 0 Å². The highest BCUT2D eigenvalue weighted by atomic mass is 16.2. The number of nitrogens with zero attached hydrogens (tertiary/aromatic N) is 2. The van der Waals surface area contributed by atoms with Crippen LogP contribution in [0.15, 0.2) is 36.4 Å². The fraction of sp³-hybridized carbons (Fsp3) is 0.400. The number of hydrogen-bond donors (Lipinski definition) is 2. The van der Waals surface area contributed by atoms with Crippen molar-refractivity contribution in [2.45, 2.75) is 27.7 Å². The van der Waals surface area contributed by atoms with Crippen molar-refractivity contribution in [3.8, 4) is 0 Å². The first kappa shape index (κ1) is 23.5. The summed E-state index contributed by atoms with van der Waals surface area (Å²) in [5, 5.41) is 5.70. The molecule has 0 saturated carbocycles. The molecule has 0 atom stereocenters. The highest BCUT2D eigenvalue weighted by Gasteiger charge is 2.23. The van der Waals surface area contributed by atoms with Gasteiger partial charge in [-0.2, -0.15) is 0 Å². The summed E-state index contributed by atoms with van der Waals surface area (Å²) in [4.78, 5) is 41.1. The number of nitrogens with one attached hydrogen (secondary N) is 2. The largest absolute Gasteiger partial charge is 0.343 e. The van der Waals surface area contributed by atoms with E-state index in [1.54, 1.807) is 4.90 Å². The summed E-state index contributed by atoms with van der Waals surface area (Å²) in [5.41, 5.74) is 5.63. The molecular formula is C25H32N4O3. The van der Waals surface area contributed by atoms with Crippen LogP contribution >= 0.6 is 0 Å².